The molecule has 0 radical (unpaired) electrons. The van der Waals surface area contributed by atoms with E-state index < -0.39 is 5.60 Å². The quantitative estimate of drug-likeness (QED) is 0.738. The first kappa shape index (κ1) is 16.1. The van der Waals surface area contributed by atoms with Gasteiger partial charge in [-0.25, -0.2) is 0 Å². The van der Waals surface area contributed by atoms with Gasteiger partial charge in [-0.15, -0.1) is 0 Å². The third-order valence-corrected chi connectivity index (χ3v) is 4.68. The van der Waals surface area contributed by atoms with E-state index in [2.05, 4.69) is 43.9 Å². The third-order valence-electron chi connectivity index (χ3n) is 4.68. The average Bonchev–Trinajstić information content (AvgIpc) is 2.32. The van der Waals surface area contributed by atoms with E-state index in [4.69, 9.17) is 4.74 Å². The summed E-state index contributed by atoms with van der Waals surface area (Å²) in [6.45, 7) is 13.2. The van der Waals surface area contributed by atoms with Crippen molar-refractivity contribution in [2.75, 3.05) is 6.54 Å². The molecule has 21 heavy (non-hydrogen) atoms. The van der Waals surface area contributed by atoms with Crippen molar-refractivity contribution in [2.24, 2.45) is 11.8 Å². The van der Waals surface area contributed by atoms with Gasteiger partial charge in [-0.3, -0.25) is 4.79 Å². The lowest BCUT2D eigenvalue weighted by Crippen LogP contribution is -2.56. The summed E-state index contributed by atoms with van der Waals surface area (Å²) in [5.74, 6) is 1.07. The SMILES string of the molecule is CC(=O)OC(C)(C)CN1C2=CC=CCC2C(C)CC1(C)C. The predicted molar refractivity (Wildman–Crippen MR) is 85.7 cm³/mol. The van der Waals surface area contributed by atoms with Crippen LogP contribution in [0.2, 0.25) is 0 Å². The zero-order valence-corrected chi connectivity index (χ0v) is 14.3. The molecule has 0 N–H and O–H groups in total. The van der Waals surface area contributed by atoms with E-state index in [0.29, 0.717) is 11.8 Å². The van der Waals surface area contributed by atoms with E-state index in [1.54, 1.807) is 0 Å². The summed E-state index contributed by atoms with van der Waals surface area (Å²) in [6.07, 6.45) is 8.95. The number of nitrogens with zero attached hydrogens (tertiary/aromatic N) is 1. The molecule has 0 aromatic heterocycles. The van der Waals surface area contributed by atoms with Crippen LogP contribution in [0.3, 0.4) is 0 Å². The molecule has 2 unspecified atom stereocenters. The van der Waals surface area contributed by atoms with Crippen molar-refractivity contribution in [3.63, 3.8) is 0 Å². The summed E-state index contributed by atoms with van der Waals surface area (Å²) < 4.78 is 5.51. The number of esters is 1. The summed E-state index contributed by atoms with van der Waals surface area (Å²) in [7, 11) is 0. The highest BCUT2D eigenvalue weighted by molar-refractivity contribution is 5.66. The molecule has 0 amide bonds. The van der Waals surface area contributed by atoms with Gasteiger partial charge in [-0.2, -0.15) is 0 Å². The largest absolute Gasteiger partial charge is 0.458 e. The highest BCUT2D eigenvalue weighted by Crippen LogP contribution is 2.44. The van der Waals surface area contributed by atoms with Crippen LogP contribution in [0.15, 0.2) is 23.9 Å². The fraction of sp³-hybridized carbons (Fsp3) is 0.722. The molecule has 2 rings (SSSR count). The van der Waals surface area contributed by atoms with E-state index in [-0.39, 0.29) is 11.5 Å². The Balaban J connectivity index is 2.28. The molecular formula is C18H29NO2. The van der Waals surface area contributed by atoms with Crippen LogP contribution in [0.4, 0.5) is 0 Å². The minimum Gasteiger partial charge on any atom is -0.458 e. The van der Waals surface area contributed by atoms with Crippen molar-refractivity contribution >= 4 is 5.97 Å². The number of hydrogen-bond donors (Lipinski definition) is 0. The van der Waals surface area contributed by atoms with E-state index in [9.17, 15) is 4.79 Å². The molecule has 0 aromatic rings. The molecule has 1 saturated heterocycles. The number of rotatable bonds is 3. The van der Waals surface area contributed by atoms with Gasteiger partial charge in [-0.1, -0.05) is 19.1 Å². The first-order valence-electron chi connectivity index (χ1n) is 7.96. The molecular weight excluding hydrogens is 262 g/mol. The van der Waals surface area contributed by atoms with Gasteiger partial charge in [0, 0.05) is 24.1 Å². The molecule has 3 nitrogen and oxygen atoms in total. The molecule has 0 spiro atoms. The first-order valence-corrected chi connectivity index (χ1v) is 7.96. The molecule has 2 aliphatic rings. The minimum absolute atomic E-state index is 0.0876. The average molecular weight is 291 g/mol. The van der Waals surface area contributed by atoms with E-state index in [1.165, 1.54) is 19.0 Å². The van der Waals surface area contributed by atoms with Crippen molar-refractivity contribution in [1.29, 1.82) is 0 Å². The lowest BCUT2D eigenvalue weighted by atomic mass is 9.72. The van der Waals surface area contributed by atoms with Crippen molar-refractivity contribution < 1.29 is 9.53 Å². The number of carbonyl (C=O) groups is 1. The number of fused-ring (bicyclic) bond motifs is 1. The fourth-order valence-electron chi connectivity index (χ4n) is 3.95. The Labute approximate surface area is 129 Å². The Morgan fingerprint density at radius 2 is 2.14 bits per heavy atom. The van der Waals surface area contributed by atoms with Gasteiger partial charge in [0.25, 0.3) is 0 Å². The Morgan fingerprint density at radius 3 is 2.76 bits per heavy atom. The molecule has 0 bridgehead atoms. The van der Waals surface area contributed by atoms with Crippen LogP contribution in [0.5, 0.6) is 0 Å². The maximum absolute atomic E-state index is 11.3. The van der Waals surface area contributed by atoms with Crippen LogP contribution >= 0.6 is 0 Å². The maximum atomic E-state index is 11.3. The first-order chi connectivity index (χ1) is 9.62. The van der Waals surface area contributed by atoms with Gasteiger partial charge in [0.05, 0.1) is 6.54 Å². The standard InChI is InChI=1S/C18H29NO2/c1-13-11-17(3,4)19(12-18(5,6)21-14(2)20)16-10-8-7-9-15(13)16/h7-8,10,13,15H,9,11-12H2,1-6H3. The molecule has 3 heteroatoms. The topological polar surface area (TPSA) is 29.5 Å². The lowest BCUT2D eigenvalue weighted by molar-refractivity contribution is -0.156. The van der Waals surface area contributed by atoms with E-state index in [1.807, 2.05) is 13.8 Å². The van der Waals surface area contributed by atoms with Crippen LogP contribution in [-0.4, -0.2) is 28.6 Å². The van der Waals surface area contributed by atoms with Crippen molar-refractivity contribution in [1.82, 2.24) is 4.90 Å². The summed E-state index contributed by atoms with van der Waals surface area (Å²) >= 11 is 0. The summed E-state index contributed by atoms with van der Waals surface area (Å²) in [5.41, 5.74) is 1.02. The second-order valence-corrected chi connectivity index (χ2v) is 7.80. The highest BCUT2D eigenvalue weighted by Gasteiger charge is 2.43. The zero-order valence-electron chi connectivity index (χ0n) is 14.3. The number of ether oxygens (including phenoxy) is 1. The second kappa shape index (κ2) is 5.51. The van der Waals surface area contributed by atoms with E-state index in [0.717, 1.165) is 13.0 Å². The minimum atomic E-state index is -0.476. The predicted octanol–water partition coefficient (Wildman–Crippen LogP) is 3.91. The Kier molecular flexibility index (Phi) is 4.23. The normalized spacial score (nSPS) is 27.9. The molecule has 1 aliphatic carbocycles. The number of hydrogen-bond acceptors (Lipinski definition) is 3. The molecule has 1 heterocycles. The van der Waals surface area contributed by atoms with E-state index >= 15 is 0 Å². The smallest absolute Gasteiger partial charge is 0.303 e. The summed E-state index contributed by atoms with van der Waals surface area (Å²) in [5, 5.41) is 0. The van der Waals surface area contributed by atoms with Crippen molar-refractivity contribution in [2.45, 2.75) is 65.5 Å². The van der Waals surface area contributed by atoms with Gasteiger partial charge in [0.15, 0.2) is 0 Å². The van der Waals surface area contributed by atoms with Crippen LogP contribution < -0.4 is 0 Å². The molecule has 2 atom stereocenters. The monoisotopic (exact) mass is 291 g/mol. The zero-order chi connectivity index (χ0) is 15.8. The second-order valence-electron chi connectivity index (χ2n) is 7.80. The lowest BCUT2D eigenvalue weighted by Gasteiger charge is -2.54. The van der Waals surface area contributed by atoms with Gasteiger partial charge < -0.3 is 9.64 Å². The number of piperidine rings is 1. The molecule has 0 aromatic carbocycles. The molecule has 0 saturated carbocycles. The molecule has 1 fully saturated rings. The van der Waals surface area contributed by atoms with Crippen LogP contribution in [0.1, 0.15) is 54.4 Å². The number of allylic oxidation sites excluding steroid dienone is 4. The van der Waals surface area contributed by atoms with Crippen LogP contribution in [0, 0.1) is 11.8 Å². The van der Waals surface area contributed by atoms with Gasteiger partial charge in [-0.05, 0) is 52.5 Å². The number of carbonyl (C=O) groups excluding carboxylic acids is 1. The van der Waals surface area contributed by atoms with Crippen molar-refractivity contribution in [3.8, 4) is 0 Å². The summed E-state index contributed by atoms with van der Waals surface area (Å²) in [4.78, 5) is 13.8. The molecule has 1 aliphatic heterocycles. The molecule has 118 valence electrons. The van der Waals surface area contributed by atoms with Crippen LogP contribution in [0.25, 0.3) is 0 Å². The van der Waals surface area contributed by atoms with Gasteiger partial charge in [0.1, 0.15) is 5.60 Å². The highest BCUT2D eigenvalue weighted by atomic mass is 16.6. The van der Waals surface area contributed by atoms with Crippen molar-refractivity contribution in [3.05, 3.63) is 23.9 Å². The Hall–Kier alpha value is -1.25. The Morgan fingerprint density at radius 1 is 1.48 bits per heavy atom. The fourth-order valence-corrected chi connectivity index (χ4v) is 3.95. The van der Waals surface area contributed by atoms with Crippen LogP contribution in [-0.2, 0) is 9.53 Å². The number of likely N-dealkylation sites (tertiary alicyclic amines) is 1. The Bertz CT molecular complexity index is 474. The van der Waals surface area contributed by atoms with Gasteiger partial charge in [0.2, 0.25) is 0 Å². The summed E-state index contributed by atoms with van der Waals surface area (Å²) in [6, 6.07) is 0. The third kappa shape index (κ3) is 3.50. The van der Waals surface area contributed by atoms with Gasteiger partial charge >= 0.3 is 5.97 Å². The maximum Gasteiger partial charge on any atom is 0.303 e.